The van der Waals surface area contributed by atoms with Gasteiger partial charge in [-0.3, -0.25) is 0 Å². The first-order valence-electron chi connectivity index (χ1n) is 6.87. The second kappa shape index (κ2) is 5.70. The molecular weight excluding hydrogens is 227 g/mol. The molecule has 1 saturated carbocycles. The van der Waals surface area contributed by atoms with E-state index in [0.29, 0.717) is 18.5 Å². The Morgan fingerprint density at radius 2 is 2.11 bits per heavy atom. The number of hydrogen-bond donors (Lipinski definition) is 1. The Morgan fingerprint density at radius 3 is 2.67 bits per heavy atom. The molecule has 100 valence electrons. The third kappa shape index (κ3) is 3.02. The van der Waals surface area contributed by atoms with Crippen LogP contribution in [0.25, 0.3) is 0 Å². The van der Waals surface area contributed by atoms with Gasteiger partial charge in [-0.2, -0.15) is 0 Å². The summed E-state index contributed by atoms with van der Waals surface area (Å²) >= 11 is 0. The maximum absolute atomic E-state index is 14.2. The lowest BCUT2D eigenvalue weighted by molar-refractivity contribution is 0.575. The summed E-state index contributed by atoms with van der Waals surface area (Å²) < 4.78 is 14.2. The Hall–Kier alpha value is -1.09. The predicted molar refractivity (Wildman–Crippen MR) is 74.4 cm³/mol. The van der Waals surface area contributed by atoms with Crippen molar-refractivity contribution in [2.75, 3.05) is 18.0 Å². The molecule has 0 heterocycles. The fourth-order valence-electron chi connectivity index (χ4n) is 2.44. The third-order valence-corrected chi connectivity index (χ3v) is 3.32. The number of anilines is 1. The number of benzene rings is 1. The van der Waals surface area contributed by atoms with Crippen LogP contribution in [0.2, 0.25) is 0 Å². The predicted octanol–water partition coefficient (Wildman–Crippen LogP) is 2.95. The summed E-state index contributed by atoms with van der Waals surface area (Å²) in [5, 5.41) is 0. The van der Waals surface area contributed by atoms with Crippen molar-refractivity contribution in [1.82, 2.24) is 0 Å². The van der Waals surface area contributed by atoms with Crippen LogP contribution in [0.4, 0.5) is 10.1 Å². The zero-order valence-electron chi connectivity index (χ0n) is 11.3. The highest BCUT2D eigenvalue weighted by atomic mass is 19.1. The highest BCUT2D eigenvalue weighted by Crippen LogP contribution is 2.36. The molecule has 1 aliphatic carbocycles. The Kier molecular flexibility index (Phi) is 4.23. The SMILES string of the molecule is CC(C)CN(c1c(F)cccc1CCN)C1CC1. The molecule has 0 amide bonds. The zero-order chi connectivity index (χ0) is 13.1. The molecular formula is C15H23FN2. The molecule has 2 rings (SSSR count). The summed E-state index contributed by atoms with van der Waals surface area (Å²) in [4.78, 5) is 2.25. The Bertz CT molecular complexity index is 399. The molecule has 1 aromatic carbocycles. The van der Waals surface area contributed by atoms with Gasteiger partial charge in [0.15, 0.2) is 0 Å². The number of halogens is 1. The van der Waals surface area contributed by atoms with Crippen molar-refractivity contribution in [3.8, 4) is 0 Å². The van der Waals surface area contributed by atoms with E-state index in [2.05, 4.69) is 18.7 Å². The molecule has 0 aromatic heterocycles. The van der Waals surface area contributed by atoms with Crippen LogP contribution in [0.15, 0.2) is 18.2 Å². The molecule has 2 N–H and O–H groups in total. The first-order chi connectivity index (χ1) is 8.63. The van der Waals surface area contributed by atoms with Crippen LogP contribution in [-0.4, -0.2) is 19.1 Å². The van der Waals surface area contributed by atoms with Crippen LogP contribution in [-0.2, 0) is 6.42 Å². The van der Waals surface area contributed by atoms with Crippen LogP contribution < -0.4 is 10.6 Å². The third-order valence-electron chi connectivity index (χ3n) is 3.32. The minimum absolute atomic E-state index is 0.103. The fraction of sp³-hybridized carbons (Fsp3) is 0.600. The highest BCUT2D eigenvalue weighted by molar-refractivity contribution is 5.56. The van der Waals surface area contributed by atoms with Gasteiger partial charge in [-0.1, -0.05) is 26.0 Å². The summed E-state index contributed by atoms with van der Waals surface area (Å²) in [5.74, 6) is 0.435. The van der Waals surface area contributed by atoms with Gasteiger partial charge in [0.1, 0.15) is 5.82 Å². The van der Waals surface area contributed by atoms with E-state index in [0.717, 1.165) is 24.2 Å². The fourth-order valence-corrected chi connectivity index (χ4v) is 2.44. The average molecular weight is 250 g/mol. The van der Waals surface area contributed by atoms with E-state index in [1.807, 2.05) is 6.07 Å². The molecule has 2 nitrogen and oxygen atoms in total. The van der Waals surface area contributed by atoms with E-state index >= 15 is 0 Å². The molecule has 1 aromatic rings. The van der Waals surface area contributed by atoms with Crippen molar-refractivity contribution < 1.29 is 4.39 Å². The maximum atomic E-state index is 14.2. The molecule has 1 fully saturated rings. The van der Waals surface area contributed by atoms with E-state index in [-0.39, 0.29) is 5.82 Å². The molecule has 3 heteroatoms. The monoisotopic (exact) mass is 250 g/mol. The van der Waals surface area contributed by atoms with Crippen LogP contribution in [0, 0.1) is 11.7 Å². The molecule has 0 unspecified atom stereocenters. The molecule has 0 spiro atoms. The summed E-state index contributed by atoms with van der Waals surface area (Å²) in [5.41, 5.74) is 7.47. The van der Waals surface area contributed by atoms with E-state index in [1.54, 1.807) is 12.1 Å². The maximum Gasteiger partial charge on any atom is 0.146 e. The van der Waals surface area contributed by atoms with Gasteiger partial charge < -0.3 is 10.6 Å². The summed E-state index contributed by atoms with van der Waals surface area (Å²) in [6, 6.07) is 5.87. The Balaban J connectivity index is 2.32. The molecule has 0 aliphatic heterocycles. The van der Waals surface area contributed by atoms with Gasteiger partial charge >= 0.3 is 0 Å². The smallest absolute Gasteiger partial charge is 0.146 e. The molecule has 0 atom stereocenters. The van der Waals surface area contributed by atoms with Crippen molar-refractivity contribution in [2.45, 2.75) is 39.2 Å². The van der Waals surface area contributed by atoms with Gasteiger partial charge in [0.25, 0.3) is 0 Å². The summed E-state index contributed by atoms with van der Waals surface area (Å²) in [6.45, 7) is 5.84. The van der Waals surface area contributed by atoms with Crippen molar-refractivity contribution in [1.29, 1.82) is 0 Å². The lowest BCUT2D eigenvalue weighted by Gasteiger charge is -2.29. The number of para-hydroxylation sites is 1. The molecule has 0 radical (unpaired) electrons. The largest absolute Gasteiger partial charge is 0.366 e. The first-order valence-corrected chi connectivity index (χ1v) is 6.87. The second-order valence-corrected chi connectivity index (χ2v) is 5.56. The normalized spacial score (nSPS) is 15.2. The van der Waals surface area contributed by atoms with Crippen LogP contribution in [0.1, 0.15) is 32.3 Å². The molecule has 0 bridgehead atoms. The van der Waals surface area contributed by atoms with Crippen molar-refractivity contribution in [3.63, 3.8) is 0 Å². The minimum Gasteiger partial charge on any atom is -0.366 e. The average Bonchev–Trinajstić information content (AvgIpc) is 3.11. The van der Waals surface area contributed by atoms with Crippen molar-refractivity contribution in [2.24, 2.45) is 11.7 Å². The van der Waals surface area contributed by atoms with Crippen LogP contribution >= 0.6 is 0 Å². The molecule has 18 heavy (non-hydrogen) atoms. The molecule has 1 aliphatic rings. The van der Waals surface area contributed by atoms with Gasteiger partial charge in [-0.15, -0.1) is 0 Å². The Labute approximate surface area is 109 Å². The van der Waals surface area contributed by atoms with Crippen LogP contribution in [0.3, 0.4) is 0 Å². The Morgan fingerprint density at radius 1 is 1.39 bits per heavy atom. The standard InChI is InChI=1S/C15H23FN2/c1-11(2)10-18(13-6-7-13)15-12(8-9-17)4-3-5-14(15)16/h3-5,11,13H,6-10,17H2,1-2H3. The van der Waals surface area contributed by atoms with Gasteiger partial charge in [0, 0.05) is 12.6 Å². The van der Waals surface area contributed by atoms with Crippen LogP contribution in [0.5, 0.6) is 0 Å². The van der Waals surface area contributed by atoms with Crippen molar-refractivity contribution in [3.05, 3.63) is 29.6 Å². The van der Waals surface area contributed by atoms with Gasteiger partial charge in [0.2, 0.25) is 0 Å². The van der Waals surface area contributed by atoms with Gasteiger partial charge in [-0.25, -0.2) is 4.39 Å². The summed E-state index contributed by atoms with van der Waals surface area (Å²) in [6.07, 6.45) is 3.11. The van der Waals surface area contributed by atoms with E-state index < -0.39 is 0 Å². The van der Waals surface area contributed by atoms with E-state index in [9.17, 15) is 4.39 Å². The number of nitrogens with two attached hydrogens (primary N) is 1. The highest BCUT2D eigenvalue weighted by Gasteiger charge is 2.32. The van der Waals surface area contributed by atoms with Gasteiger partial charge in [0.05, 0.1) is 5.69 Å². The van der Waals surface area contributed by atoms with E-state index in [1.165, 1.54) is 12.8 Å². The number of rotatable bonds is 6. The summed E-state index contributed by atoms with van der Waals surface area (Å²) in [7, 11) is 0. The van der Waals surface area contributed by atoms with Crippen molar-refractivity contribution >= 4 is 5.69 Å². The second-order valence-electron chi connectivity index (χ2n) is 5.56. The number of nitrogens with zero attached hydrogens (tertiary/aromatic N) is 1. The number of hydrogen-bond acceptors (Lipinski definition) is 2. The van der Waals surface area contributed by atoms with Gasteiger partial charge in [-0.05, 0) is 43.4 Å². The lowest BCUT2D eigenvalue weighted by Crippen LogP contribution is -2.31. The zero-order valence-corrected chi connectivity index (χ0v) is 11.3. The quantitative estimate of drug-likeness (QED) is 0.841. The first kappa shape index (κ1) is 13.3. The molecule has 0 saturated heterocycles. The lowest BCUT2D eigenvalue weighted by atomic mass is 10.1. The van der Waals surface area contributed by atoms with E-state index in [4.69, 9.17) is 5.73 Å². The minimum atomic E-state index is -0.103. The topological polar surface area (TPSA) is 29.3 Å².